The van der Waals surface area contributed by atoms with E-state index in [1.807, 2.05) is 13.8 Å². The van der Waals surface area contributed by atoms with Gasteiger partial charge in [-0.05, 0) is 29.7 Å². The maximum Gasteiger partial charge on any atom is 0.251 e. The van der Waals surface area contributed by atoms with Crippen LogP contribution < -0.4 is 5.32 Å². The van der Waals surface area contributed by atoms with Gasteiger partial charge in [0, 0.05) is 17.4 Å². The standard InChI is InChI=1S/C12H15BrFNO/c1-12(2,7-13)8-15-11(16)9-3-5-10(14)6-4-9/h3-6H,7-8H2,1-2H3,(H,15,16). The molecule has 0 fully saturated rings. The highest BCUT2D eigenvalue weighted by Crippen LogP contribution is 2.16. The third-order valence-electron chi connectivity index (χ3n) is 2.20. The molecule has 0 heterocycles. The molecule has 0 unspecified atom stereocenters. The van der Waals surface area contributed by atoms with Crippen LogP contribution in [0.3, 0.4) is 0 Å². The molecular formula is C12H15BrFNO. The fourth-order valence-corrected chi connectivity index (χ4v) is 1.27. The summed E-state index contributed by atoms with van der Waals surface area (Å²) in [6.45, 7) is 4.67. The van der Waals surface area contributed by atoms with Gasteiger partial charge in [0.05, 0.1) is 0 Å². The summed E-state index contributed by atoms with van der Waals surface area (Å²) in [5, 5.41) is 3.63. The van der Waals surface area contributed by atoms with Gasteiger partial charge in [-0.15, -0.1) is 0 Å². The minimum atomic E-state index is -0.336. The van der Waals surface area contributed by atoms with Gasteiger partial charge in [-0.3, -0.25) is 4.79 Å². The molecular weight excluding hydrogens is 273 g/mol. The van der Waals surface area contributed by atoms with Gasteiger partial charge in [-0.2, -0.15) is 0 Å². The Labute approximate surface area is 103 Å². The number of benzene rings is 1. The van der Waals surface area contributed by atoms with Crippen molar-refractivity contribution < 1.29 is 9.18 Å². The normalized spacial score (nSPS) is 11.2. The molecule has 0 saturated heterocycles. The number of carbonyl (C=O) groups excluding carboxylic acids is 1. The Balaban J connectivity index is 2.56. The molecule has 1 rings (SSSR count). The summed E-state index contributed by atoms with van der Waals surface area (Å²) in [6.07, 6.45) is 0. The zero-order chi connectivity index (χ0) is 12.2. The van der Waals surface area contributed by atoms with Crippen molar-refractivity contribution in [1.29, 1.82) is 0 Å². The molecule has 0 bridgehead atoms. The van der Waals surface area contributed by atoms with Crippen molar-refractivity contribution in [3.05, 3.63) is 35.6 Å². The molecule has 1 aromatic carbocycles. The number of rotatable bonds is 4. The molecule has 0 saturated carbocycles. The summed E-state index contributed by atoms with van der Waals surface area (Å²) in [4.78, 5) is 11.7. The van der Waals surface area contributed by atoms with Crippen molar-refractivity contribution >= 4 is 21.8 Å². The van der Waals surface area contributed by atoms with Crippen LogP contribution in [0.15, 0.2) is 24.3 Å². The van der Waals surface area contributed by atoms with Gasteiger partial charge >= 0.3 is 0 Å². The summed E-state index contributed by atoms with van der Waals surface area (Å²) < 4.78 is 12.6. The van der Waals surface area contributed by atoms with Crippen molar-refractivity contribution in [3.63, 3.8) is 0 Å². The van der Waals surface area contributed by atoms with E-state index in [0.717, 1.165) is 5.33 Å². The third kappa shape index (κ3) is 3.93. The summed E-state index contributed by atoms with van der Waals surface area (Å²) in [5.41, 5.74) is 0.488. The molecule has 1 aromatic rings. The first-order chi connectivity index (χ1) is 7.44. The minimum Gasteiger partial charge on any atom is -0.351 e. The molecule has 0 aliphatic carbocycles. The second-order valence-corrected chi connectivity index (χ2v) is 5.05. The van der Waals surface area contributed by atoms with Gasteiger partial charge < -0.3 is 5.32 Å². The Kier molecular flexibility index (Phi) is 4.47. The lowest BCUT2D eigenvalue weighted by atomic mass is 9.97. The summed E-state index contributed by atoms with van der Waals surface area (Å²) in [6, 6.07) is 5.52. The van der Waals surface area contributed by atoms with E-state index >= 15 is 0 Å². The molecule has 16 heavy (non-hydrogen) atoms. The number of hydrogen-bond acceptors (Lipinski definition) is 1. The Morgan fingerprint density at radius 2 is 1.94 bits per heavy atom. The van der Waals surface area contributed by atoms with Crippen LogP contribution in [0.1, 0.15) is 24.2 Å². The molecule has 0 aliphatic heterocycles. The van der Waals surface area contributed by atoms with Crippen molar-refractivity contribution in [2.75, 3.05) is 11.9 Å². The molecule has 1 amide bonds. The second kappa shape index (κ2) is 5.43. The number of amides is 1. The Morgan fingerprint density at radius 3 is 2.44 bits per heavy atom. The van der Waals surface area contributed by atoms with Crippen LogP contribution >= 0.6 is 15.9 Å². The van der Waals surface area contributed by atoms with E-state index in [1.54, 1.807) is 0 Å². The lowest BCUT2D eigenvalue weighted by molar-refractivity contribution is 0.0940. The molecule has 4 heteroatoms. The Hall–Kier alpha value is -0.900. The smallest absolute Gasteiger partial charge is 0.251 e. The summed E-state index contributed by atoms with van der Waals surface area (Å²) >= 11 is 3.39. The van der Waals surface area contributed by atoms with Crippen LogP contribution in [0.2, 0.25) is 0 Å². The monoisotopic (exact) mass is 287 g/mol. The van der Waals surface area contributed by atoms with Gasteiger partial charge in [0.2, 0.25) is 0 Å². The van der Waals surface area contributed by atoms with Crippen molar-refractivity contribution in [1.82, 2.24) is 5.32 Å². The summed E-state index contributed by atoms with van der Waals surface area (Å²) in [5.74, 6) is -0.508. The van der Waals surface area contributed by atoms with Crippen LogP contribution in [0.5, 0.6) is 0 Å². The van der Waals surface area contributed by atoms with Crippen LogP contribution in [0, 0.1) is 11.2 Å². The number of hydrogen-bond donors (Lipinski definition) is 1. The molecule has 2 nitrogen and oxygen atoms in total. The van der Waals surface area contributed by atoms with E-state index in [1.165, 1.54) is 24.3 Å². The van der Waals surface area contributed by atoms with Crippen LogP contribution in [-0.4, -0.2) is 17.8 Å². The topological polar surface area (TPSA) is 29.1 Å². The fraction of sp³-hybridized carbons (Fsp3) is 0.417. The highest BCUT2D eigenvalue weighted by atomic mass is 79.9. The van der Waals surface area contributed by atoms with Crippen molar-refractivity contribution in [2.24, 2.45) is 5.41 Å². The SMILES string of the molecule is CC(C)(CBr)CNC(=O)c1ccc(F)cc1. The molecule has 0 atom stereocenters. The predicted octanol–water partition coefficient (Wildman–Crippen LogP) is 2.98. The maximum absolute atomic E-state index is 12.6. The van der Waals surface area contributed by atoms with Gasteiger partial charge in [0.15, 0.2) is 0 Å². The highest BCUT2D eigenvalue weighted by molar-refractivity contribution is 9.09. The average Bonchev–Trinajstić information content (AvgIpc) is 2.27. The van der Waals surface area contributed by atoms with Gasteiger partial charge in [-0.25, -0.2) is 4.39 Å². The number of carbonyl (C=O) groups is 1. The molecule has 0 aliphatic rings. The number of nitrogens with one attached hydrogen (secondary N) is 1. The van der Waals surface area contributed by atoms with Gasteiger partial charge in [0.25, 0.3) is 5.91 Å². The van der Waals surface area contributed by atoms with E-state index in [9.17, 15) is 9.18 Å². The second-order valence-electron chi connectivity index (χ2n) is 4.49. The maximum atomic E-state index is 12.6. The molecule has 0 radical (unpaired) electrons. The Bertz CT molecular complexity index is 362. The van der Waals surface area contributed by atoms with Crippen LogP contribution in [0.25, 0.3) is 0 Å². The first kappa shape index (κ1) is 13.2. The lowest BCUT2D eigenvalue weighted by Gasteiger charge is -2.21. The zero-order valence-electron chi connectivity index (χ0n) is 9.39. The quantitative estimate of drug-likeness (QED) is 0.848. The average molecular weight is 288 g/mol. The van der Waals surface area contributed by atoms with Crippen molar-refractivity contribution in [3.8, 4) is 0 Å². The third-order valence-corrected chi connectivity index (χ3v) is 3.71. The van der Waals surface area contributed by atoms with Crippen molar-refractivity contribution in [2.45, 2.75) is 13.8 Å². The van der Waals surface area contributed by atoms with E-state index in [-0.39, 0.29) is 17.1 Å². The fourth-order valence-electron chi connectivity index (χ4n) is 1.07. The van der Waals surface area contributed by atoms with E-state index in [4.69, 9.17) is 0 Å². The highest BCUT2D eigenvalue weighted by Gasteiger charge is 2.17. The predicted molar refractivity (Wildman–Crippen MR) is 66.3 cm³/mol. The molecule has 0 aromatic heterocycles. The van der Waals surface area contributed by atoms with Crippen LogP contribution in [0.4, 0.5) is 4.39 Å². The molecule has 0 spiro atoms. The first-order valence-corrected chi connectivity index (χ1v) is 6.16. The van der Waals surface area contributed by atoms with E-state index in [0.29, 0.717) is 12.1 Å². The van der Waals surface area contributed by atoms with E-state index in [2.05, 4.69) is 21.2 Å². The summed E-state index contributed by atoms with van der Waals surface area (Å²) in [7, 11) is 0. The number of alkyl halides is 1. The zero-order valence-corrected chi connectivity index (χ0v) is 11.0. The van der Waals surface area contributed by atoms with E-state index < -0.39 is 0 Å². The first-order valence-electron chi connectivity index (χ1n) is 5.04. The molecule has 88 valence electrons. The van der Waals surface area contributed by atoms with Gasteiger partial charge in [-0.1, -0.05) is 29.8 Å². The van der Waals surface area contributed by atoms with Gasteiger partial charge in [0.1, 0.15) is 5.82 Å². The largest absolute Gasteiger partial charge is 0.351 e. The number of halogens is 2. The van der Waals surface area contributed by atoms with Crippen LogP contribution in [-0.2, 0) is 0 Å². The molecule has 1 N–H and O–H groups in total. The lowest BCUT2D eigenvalue weighted by Crippen LogP contribution is -2.34. The Morgan fingerprint density at radius 1 is 1.38 bits per heavy atom. The minimum absolute atomic E-state index is 0.00961.